The second-order valence-electron chi connectivity index (χ2n) is 3.82. The molecule has 14 heavy (non-hydrogen) atoms. The van der Waals surface area contributed by atoms with Crippen LogP contribution in [-0.4, -0.2) is 13.1 Å². The van der Waals surface area contributed by atoms with Gasteiger partial charge in [-0.15, -0.1) is 0 Å². The van der Waals surface area contributed by atoms with Crippen LogP contribution in [0.1, 0.15) is 24.3 Å². The number of hydrogen-bond donors (Lipinski definition) is 1. The second-order valence-corrected chi connectivity index (χ2v) is 5.14. The number of halogens is 2. The lowest BCUT2D eigenvalue weighted by Crippen LogP contribution is -2.37. The van der Waals surface area contributed by atoms with Crippen LogP contribution in [0, 0.1) is 0 Å². The smallest absolute Gasteiger partial charge is 0.0452 e. The molecule has 1 N–H and O–H groups in total. The van der Waals surface area contributed by atoms with Gasteiger partial charge in [-0.05, 0) is 43.5 Å². The zero-order chi connectivity index (χ0) is 10.1. The average molecular weight is 275 g/mol. The normalized spacial score (nSPS) is 25.9. The fourth-order valence-electron chi connectivity index (χ4n) is 1.94. The van der Waals surface area contributed by atoms with Gasteiger partial charge in [0.25, 0.3) is 0 Å². The maximum atomic E-state index is 6.18. The molecule has 1 aliphatic carbocycles. The molecule has 1 nitrogen and oxygen atoms in total. The molecule has 0 unspecified atom stereocenters. The summed E-state index contributed by atoms with van der Waals surface area (Å²) < 4.78 is 1.05. The van der Waals surface area contributed by atoms with Crippen molar-refractivity contribution in [3.05, 3.63) is 33.3 Å². The number of hydrogen-bond acceptors (Lipinski definition) is 1. The monoisotopic (exact) mass is 273 g/mol. The topological polar surface area (TPSA) is 12.0 Å². The van der Waals surface area contributed by atoms with Gasteiger partial charge in [-0.2, -0.15) is 0 Å². The van der Waals surface area contributed by atoms with E-state index in [0.717, 1.165) is 9.50 Å². The Morgan fingerprint density at radius 2 is 2.14 bits per heavy atom. The minimum atomic E-state index is 0.646. The minimum Gasteiger partial charge on any atom is -0.317 e. The van der Waals surface area contributed by atoms with Crippen LogP contribution < -0.4 is 5.32 Å². The SMILES string of the molecule is CNC1CC(c2ccc(Br)cc2Cl)C1. The summed E-state index contributed by atoms with van der Waals surface area (Å²) in [5.74, 6) is 0.646. The lowest BCUT2D eigenvalue weighted by Gasteiger charge is -2.35. The third-order valence-electron chi connectivity index (χ3n) is 2.95. The standard InChI is InChI=1S/C11H13BrClN/c1-14-9-4-7(5-9)10-3-2-8(12)6-11(10)13/h2-3,6-7,9,14H,4-5H2,1H3. The first-order valence-electron chi connectivity index (χ1n) is 4.83. The van der Waals surface area contributed by atoms with Gasteiger partial charge in [-0.1, -0.05) is 33.6 Å². The van der Waals surface area contributed by atoms with Crippen molar-refractivity contribution in [3.63, 3.8) is 0 Å². The van der Waals surface area contributed by atoms with Crippen molar-refractivity contribution >= 4 is 27.5 Å². The van der Waals surface area contributed by atoms with E-state index < -0.39 is 0 Å². The number of nitrogens with one attached hydrogen (secondary N) is 1. The first-order chi connectivity index (χ1) is 6.70. The Morgan fingerprint density at radius 3 is 2.71 bits per heavy atom. The van der Waals surface area contributed by atoms with Gasteiger partial charge in [0.15, 0.2) is 0 Å². The molecule has 0 aliphatic heterocycles. The molecule has 1 aromatic carbocycles. The fraction of sp³-hybridized carbons (Fsp3) is 0.455. The van der Waals surface area contributed by atoms with E-state index >= 15 is 0 Å². The molecular formula is C11H13BrClN. The summed E-state index contributed by atoms with van der Waals surface area (Å²) in [4.78, 5) is 0. The third kappa shape index (κ3) is 1.97. The lowest BCUT2D eigenvalue weighted by atomic mass is 9.76. The Hall–Kier alpha value is -0.0500. The van der Waals surface area contributed by atoms with E-state index in [1.807, 2.05) is 13.1 Å². The molecule has 2 rings (SSSR count). The van der Waals surface area contributed by atoms with Gasteiger partial charge in [-0.25, -0.2) is 0 Å². The number of rotatable bonds is 2. The van der Waals surface area contributed by atoms with E-state index in [0.29, 0.717) is 12.0 Å². The summed E-state index contributed by atoms with van der Waals surface area (Å²) in [6.45, 7) is 0. The molecule has 3 heteroatoms. The van der Waals surface area contributed by atoms with Crippen LogP contribution in [-0.2, 0) is 0 Å². The molecule has 0 saturated heterocycles. The average Bonchev–Trinajstić information content (AvgIpc) is 2.06. The van der Waals surface area contributed by atoms with Crippen molar-refractivity contribution in [1.82, 2.24) is 5.32 Å². The van der Waals surface area contributed by atoms with E-state index in [2.05, 4.69) is 33.4 Å². The van der Waals surface area contributed by atoms with E-state index in [1.165, 1.54) is 18.4 Å². The number of benzene rings is 1. The Kier molecular flexibility index (Phi) is 3.15. The first-order valence-corrected chi connectivity index (χ1v) is 6.00. The maximum Gasteiger partial charge on any atom is 0.0452 e. The molecule has 0 heterocycles. The molecule has 1 aromatic rings. The molecule has 1 saturated carbocycles. The molecule has 0 spiro atoms. The van der Waals surface area contributed by atoms with Gasteiger partial charge >= 0.3 is 0 Å². The van der Waals surface area contributed by atoms with Crippen molar-refractivity contribution in [1.29, 1.82) is 0 Å². The third-order valence-corrected chi connectivity index (χ3v) is 3.77. The van der Waals surface area contributed by atoms with E-state index in [-0.39, 0.29) is 0 Å². The van der Waals surface area contributed by atoms with Gasteiger partial charge in [0.2, 0.25) is 0 Å². The van der Waals surface area contributed by atoms with Gasteiger partial charge in [0, 0.05) is 15.5 Å². The summed E-state index contributed by atoms with van der Waals surface area (Å²) in [5.41, 5.74) is 1.29. The van der Waals surface area contributed by atoms with E-state index in [9.17, 15) is 0 Å². The fourth-order valence-corrected chi connectivity index (χ4v) is 2.77. The highest BCUT2D eigenvalue weighted by molar-refractivity contribution is 9.10. The van der Waals surface area contributed by atoms with Crippen LogP contribution in [0.25, 0.3) is 0 Å². The van der Waals surface area contributed by atoms with Gasteiger partial charge in [-0.3, -0.25) is 0 Å². The zero-order valence-electron chi connectivity index (χ0n) is 8.06. The Bertz CT molecular complexity index is 334. The maximum absolute atomic E-state index is 6.18. The molecule has 0 atom stereocenters. The zero-order valence-corrected chi connectivity index (χ0v) is 10.4. The van der Waals surface area contributed by atoms with Crippen molar-refractivity contribution in [3.8, 4) is 0 Å². The summed E-state index contributed by atoms with van der Waals surface area (Å²) in [7, 11) is 2.02. The van der Waals surface area contributed by atoms with Gasteiger partial charge in [0.05, 0.1) is 0 Å². The summed E-state index contributed by atoms with van der Waals surface area (Å²) in [6, 6.07) is 6.85. The van der Waals surface area contributed by atoms with Crippen LogP contribution in [0.2, 0.25) is 5.02 Å². The Morgan fingerprint density at radius 1 is 1.43 bits per heavy atom. The van der Waals surface area contributed by atoms with Crippen LogP contribution in [0.15, 0.2) is 22.7 Å². The quantitative estimate of drug-likeness (QED) is 0.869. The minimum absolute atomic E-state index is 0.646. The van der Waals surface area contributed by atoms with E-state index in [4.69, 9.17) is 11.6 Å². The Labute approximate surface area is 98.0 Å². The van der Waals surface area contributed by atoms with Crippen LogP contribution in [0.4, 0.5) is 0 Å². The van der Waals surface area contributed by atoms with Crippen LogP contribution in [0.5, 0.6) is 0 Å². The summed E-state index contributed by atoms with van der Waals surface area (Å²) in [6.07, 6.45) is 2.41. The molecule has 0 amide bonds. The molecular weight excluding hydrogens is 261 g/mol. The molecule has 0 radical (unpaired) electrons. The molecule has 1 fully saturated rings. The van der Waals surface area contributed by atoms with Crippen molar-refractivity contribution < 1.29 is 0 Å². The summed E-state index contributed by atoms with van der Waals surface area (Å²) >= 11 is 9.59. The van der Waals surface area contributed by atoms with Crippen molar-refractivity contribution in [2.75, 3.05) is 7.05 Å². The highest BCUT2D eigenvalue weighted by Gasteiger charge is 2.30. The van der Waals surface area contributed by atoms with E-state index in [1.54, 1.807) is 0 Å². The van der Waals surface area contributed by atoms with Crippen LogP contribution in [0.3, 0.4) is 0 Å². The largest absolute Gasteiger partial charge is 0.317 e. The highest BCUT2D eigenvalue weighted by Crippen LogP contribution is 2.40. The molecule has 0 bridgehead atoms. The van der Waals surface area contributed by atoms with Crippen molar-refractivity contribution in [2.24, 2.45) is 0 Å². The lowest BCUT2D eigenvalue weighted by molar-refractivity contribution is 0.307. The predicted molar refractivity (Wildman–Crippen MR) is 64.0 cm³/mol. The Balaban J connectivity index is 2.11. The predicted octanol–water partition coefficient (Wildman–Crippen LogP) is 3.57. The van der Waals surface area contributed by atoms with Crippen molar-refractivity contribution in [2.45, 2.75) is 24.8 Å². The second kappa shape index (κ2) is 4.21. The van der Waals surface area contributed by atoms with Gasteiger partial charge in [0.1, 0.15) is 0 Å². The molecule has 0 aromatic heterocycles. The van der Waals surface area contributed by atoms with Gasteiger partial charge < -0.3 is 5.32 Å². The molecule has 76 valence electrons. The first kappa shape index (κ1) is 10.5. The van der Waals surface area contributed by atoms with Crippen LogP contribution >= 0.6 is 27.5 Å². The summed E-state index contributed by atoms with van der Waals surface area (Å²) in [5, 5.41) is 4.17. The molecule has 1 aliphatic rings. The highest BCUT2D eigenvalue weighted by atomic mass is 79.9.